The molecular weight excluding hydrogens is 292 g/mol. The van der Waals surface area contributed by atoms with Crippen LogP contribution in [0.15, 0.2) is 36.7 Å². The second-order valence-electron chi connectivity index (χ2n) is 5.67. The summed E-state index contributed by atoms with van der Waals surface area (Å²) < 4.78 is 1.70. The van der Waals surface area contributed by atoms with Crippen molar-refractivity contribution < 1.29 is 4.79 Å². The van der Waals surface area contributed by atoms with Crippen molar-refractivity contribution in [3.05, 3.63) is 42.2 Å². The molecule has 3 N–H and O–H groups in total. The van der Waals surface area contributed by atoms with Crippen LogP contribution in [0.5, 0.6) is 0 Å². The third-order valence-electron chi connectivity index (χ3n) is 3.64. The monoisotopic (exact) mass is 312 g/mol. The first-order valence-electron chi connectivity index (χ1n) is 7.65. The summed E-state index contributed by atoms with van der Waals surface area (Å²) in [6, 6.07) is 8.06. The topological polar surface area (TPSA) is 87.6 Å². The molecule has 2 heterocycles. The standard InChI is InChI=1S/C16H20N6O/c1-11(2)22-10-15(20-21-22)19-16(23)17-8-7-12-9-18-14-6-4-3-5-13(12)14/h3-6,9-11,18H,7-8H2,1-2H3,(H2,17,19,23). The first kappa shape index (κ1) is 15.1. The Morgan fingerprint density at radius 1 is 1.35 bits per heavy atom. The maximum atomic E-state index is 11.9. The number of benzene rings is 1. The number of aromatic nitrogens is 4. The molecule has 0 spiro atoms. The van der Waals surface area contributed by atoms with Crippen LogP contribution in [0, 0.1) is 0 Å². The summed E-state index contributed by atoms with van der Waals surface area (Å²) in [5.41, 5.74) is 2.30. The Labute approximate surface area is 134 Å². The van der Waals surface area contributed by atoms with Gasteiger partial charge in [-0.2, -0.15) is 0 Å². The molecule has 0 saturated heterocycles. The van der Waals surface area contributed by atoms with Gasteiger partial charge in [0, 0.05) is 29.7 Å². The summed E-state index contributed by atoms with van der Waals surface area (Å²) in [6.07, 6.45) is 4.46. The van der Waals surface area contributed by atoms with Gasteiger partial charge in [0.1, 0.15) is 0 Å². The number of hydrogen-bond acceptors (Lipinski definition) is 3. The molecule has 2 amide bonds. The number of carbonyl (C=O) groups excluding carboxylic acids is 1. The first-order chi connectivity index (χ1) is 11.1. The average molecular weight is 312 g/mol. The van der Waals surface area contributed by atoms with Crippen LogP contribution in [0.25, 0.3) is 10.9 Å². The van der Waals surface area contributed by atoms with Crippen molar-refractivity contribution in [1.29, 1.82) is 0 Å². The summed E-state index contributed by atoms with van der Waals surface area (Å²) in [5, 5.41) is 14.6. The van der Waals surface area contributed by atoms with E-state index in [0.29, 0.717) is 12.4 Å². The van der Waals surface area contributed by atoms with Gasteiger partial charge in [-0.05, 0) is 31.9 Å². The molecule has 0 radical (unpaired) electrons. The minimum absolute atomic E-state index is 0.211. The molecule has 1 aromatic carbocycles. The van der Waals surface area contributed by atoms with Gasteiger partial charge < -0.3 is 10.3 Å². The number of H-pyrrole nitrogens is 1. The molecular formula is C16H20N6O. The van der Waals surface area contributed by atoms with Crippen molar-refractivity contribution in [1.82, 2.24) is 25.3 Å². The molecule has 3 rings (SSSR count). The molecule has 7 nitrogen and oxygen atoms in total. The van der Waals surface area contributed by atoms with E-state index in [1.54, 1.807) is 10.9 Å². The minimum Gasteiger partial charge on any atom is -0.361 e. The molecule has 0 bridgehead atoms. The normalized spacial score (nSPS) is 11.1. The SMILES string of the molecule is CC(C)n1cc(NC(=O)NCCc2c[nH]c3ccccc23)nn1. The van der Waals surface area contributed by atoms with Gasteiger partial charge in [0.2, 0.25) is 0 Å². The highest BCUT2D eigenvalue weighted by atomic mass is 16.2. The Kier molecular flexibility index (Phi) is 4.27. The highest BCUT2D eigenvalue weighted by Crippen LogP contribution is 2.17. The van der Waals surface area contributed by atoms with Crippen molar-refractivity contribution in [2.45, 2.75) is 26.3 Å². The lowest BCUT2D eigenvalue weighted by molar-refractivity contribution is 0.252. The molecule has 0 saturated carbocycles. The second kappa shape index (κ2) is 6.51. The molecule has 0 unspecified atom stereocenters. The Morgan fingerprint density at radius 3 is 2.96 bits per heavy atom. The van der Waals surface area contributed by atoms with E-state index < -0.39 is 0 Å². The zero-order chi connectivity index (χ0) is 16.2. The fraction of sp³-hybridized carbons (Fsp3) is 0.312. The summed E-state index contributed by atoms with van der Waals surface area (Å²) in [7, 11) is 0. The molecule has 0 fully saturated rings. The van der Waals surface area contributed by atoms with E-state index in [9.17, 15) is 4.79 Å². The highest BCUT2D eigenvalue weighted by molar-refractivity contribution is 5.88. The van der Waals surface area contributed by atoms with E-state index >= 15 is 0 Å². The predicted octanol–water partition coefficient (Wildman–Crippen LogP) is 2.70. The van der Waals surface area contributed by atoms with Crippen molar-refractivity contribution in [2.75, 3.05) is 11.9 Å². The van der Waals surface area contributed by atoms with Crippen LogP contribution < -0.4 is 10.6 Å². The van der Waals surface area contributed by atoms with Crippen molar-refractivity contribution >= 4 is 22.8 Å². The zero-order valence-corrected chi connectivity index (χ0v) is 13.2. The molecule has 2 aromatic heterocycles. The molecule has 7 heteroatoms. The van der Waals surface area contributed by atoms with E-state index in [-0.39, 0.29) is 12.1 Å². The van der Waals surface area contributed by atoms with Gasteiger partial charge in [-0.25, -0.2) is 9.48 Å². The third-order valence-corrected chi connectivity index (χ3v) is 3.64. The largest absolute Gasteiger partial charge is 0.361 e. The van der Waals surface area contributed by atoms with Gasteiger partial charge in [0.25, 0.3) is 0 Å². The van der Waals surface area contributed by atoms with E-state index in [0.717, 1.165) is 11.9 Å². The number of hydrogen-bond donors (Lipinski definition) is 3. The van der Waals surface area contributed by atoms with Crippen LogP contribution in [-0.2, 0) is 6.42 Å². The molecule has 0 atom stereocenters. The van der Waals surface area contributed by atoms with Gasteiger partial charge >= 0.3 is 6.03 Å². The average Bonchev–Trinajstić information content (AvgIpc) is 3.15. The number of carbonyl (C=O) groups is 1. The number of anilines is 1. The van der Waals surface area contributed by atoms with Crippen LogP contribution in [0.3, 0.4) is 0 Å². The van der Waals surface area contributed by atoms with Crippen LogP contribution in [0.4, 0.5) is 10.6 Å². The minimum atomic E-state index is -0.277. The zero-order valence-electron chi connectivity index (χ0n) is 13.2. The maximum absolute atomic E-state index is 11.9. The lowest BCUT2D eigenvalue weighted by atomic mass is 10.1. The lowest BCUT2D eigenvalue weighted by Gasteiger charge is -2.05. The van der Waals surface area contributed by atoms with Gasteiger partial charge in [-0.15, -0.1) is 5.10 Å². The number of rotatable bonds is 5. The van der Waals surface area contributed by atoms with Crippen molar-refractivity contribution in [3.63, 3.8) is 0 Å². The molecule has 23 heavy (non-hydrogen) atoms. The number of nitrogens with zero attached hydrogens (tertiary/aromatic N) is 3. The Balaban J connectivity index is 1.51. The van der Waals surface area contributed by atoms with E-state index in [1.165, 1.54) is 10.9 Å². The third kappa shape index (κ3) is 3.50. The lowest BCUT2D eigenvalue weighted by Crippen LogP contribution is -2.30. The summed E-state index contributed by atoms with van der Waals surface area (Å²) >= 11 is 0. The number of fused-ring (bicyclic) bond motifs is 1. The Bertz CT molecular complexity index is 804. The van der Waals surface area contributed by atoms with Crippen LogP contribution in [0.1, 0.15) is 25.5 Å². The Hall–Kier alpha value is -2.83. The molecule has 0 aliphatic rings. The van der Waals surface area contributed by atoms with Crippen molar-refractivity contribution in [3.8, 4) is 0 Å². The summed E-state index contributed by atoms with van der Waals surface area (Å²) in [5.74, 6) is 0.447. The molecule has 0 aliphatic carbocycles. The number of amides is 2. The van der Waals surface area contributed by atoms with Gasteiger partial charge in [-0.1, -0.05) is 23.4 Å². The number of para-hydroxylation sites is 1. The Morgan fingerprint density at radius 2 is 2.17 bits per heavy atom. The van der Waals surface area contributed by atoms with E-state index in [4.69, 9.17) is 0 Å². The fourth-order valence-corrected chi connectivity index (χ4v) is 2.40. The quantitative estimate of drug-likeness (QED) is 0.677. The first-order valence-corrected chi connectivity index (χ1v) is 7.65. The smallest absolute Gasteiger partial charge is 0.320 e. The fourth-order valence-electron chi connectivity index (χ4n) is 2.40. The molecule has 0 aliphatic heterocycles. The predicted molar refractivity (Wildman–Crippen MR) is 89.4 cm³/mol. The van der Waals surface area contributed by atoms with Crippen LogP contribution in [-0.4, -0.2) is 32.6 Å². The maximum Gasteiger partial charge on any atom is 0.320 e. The molecule has 120 valence electrons. The van der Waals surface area contributed by atoms with Gasteiger partial charge in [-0.3, -0.25) is 5.32 Å². The van der Waals surface area contributed by atoms with E-state index in [1.807, 2.05) is 38.2 Å². The summed E-state index contributed by atoms with van der Waals surface area (Å²) in [6.45, 7) is 4.55. The van der Waals surface area contributed by atoms with Gasteiger partial charge in [0.05, 0.1) is 6.20 Å². The highest BCUT2D eigenvalue weighted by Gasteiger charge is 2.08. The van der Waals surface area contributed by atoms with E-state index in [2.05, 4.69) is 32.0 Å². The summed E-state index contributed by atoms with van der Waals surface area (Å²) in [4.78, 5) is 15.1. The second-order valence-corrected chi connectivity index (χ2v) is 5.67. The van der Waals surface area contributed by atoms with Crippen LogP contribution in [0.2, 0.25) is 0 Å². The van der Waals surface area contributed by atoms with Crippen LogP contribution >= 0.6 is 0 Å². The van der Waals surface area contributed by atoms with Gasteiger partial charge in [0.15, 0.2) is 5.82 Å². The molecule has 3 aromatic rings. The number of aromatic amines is 1. The number of nitrogens with one attached hydrogen (secondary N) is 3. The van der Waals surface area contributed by atoms with Crippen molar-refractivity contribution in [2.24, 2.45) is 0 Å². The number of urea groups is 1.